The zero-order valence-corrected chi connectivity index (χ0v) is 22.6. The highest BCUT2D eigenvalue weighted by atomic mass is 19.2. The van der Waals surface area contributed by atoms with E-state index in [4.69, 9.17) is 14.5 Å². The second-order valence-electron chi connectivity index (χ2n) is 9.79. The summed E-state index contributed by atoms with van der Waals surface area (Å²) >= 11 is 0. The molecular weight excluding hydrogens is 561 g/mol. The summed E-state index contributed by atoms with van der Waals surface area (Å²) in [5.41, 5.74) is 3.06. The molecule has 3 aromatic carbocycles. The fraction of sp³-hybridized carbons (Fsp3) is 0.161. The van der Waals surface area contributed by atoms with E-state index in [0.29, 0.717) is 34.2 Å². The predicted octanol–water partition coefficient (Wildman–Crippen LogP) is 5.86. The molecule has 1 amide bonds. The molecule has 0 saturated carbocycles. The molecule has 3 N–H and O–H groups in total. The number of hydrogen-bond donors (Lipinski definition) is 3. The van der Waals surface area contributed by atoms with Crippen LogP contribution in [0.2, 0.25) is 0 Å². The first kappa shape index (κ1) is 28.1. The minimum atomic E-state index is -1.01. The smallest absolute Gasteiger partial charge is 0.232 e. The lowest BCUT2D eigenvalue weighted by Crippen LogP contribution is -2.39. The minimum absolute atomic E-state index is 0.142. The maximum absolute atomic E-state index is 13.7. The molecule has 43 heavy (non-hydrogen) atoms. The summed E-state index contributed by atoms with van der Waals surface area (Å²) in [6.07, 6.45) is 1.09. The lowest BCUT2D eigenvalue weighted by molar-refractivity contribution is -0.199. The molecule has 0 spiro atoms. The van der Waals surface area contributed by atoms with Crippen molar-refractivity contribution in [3.63, 3.8) is 0 Å². The number of benzene rings is 3. The first-order chi connectivity index (χ1) is 20.9. The van der Waals surface area contributed by atoms with Gasteiger partial charge in [-0.25, -0.2) is 28.1 Å². The SMILES string of the molecule is O=C(Nc1ccccc1)C1COC(Cc2nc(-c3ccc(F)cc3)c(-c3ccnc(Nc4ccc(F)c(F)c4)n3)[nH]2)OC1. The van der Waals surface area contributed by atoms with Crippen LogP contribution < -0.4 is 10.6 Å². The van der Waals surface area contributed by atoms with Gasteiger partial charge < -0.3 is 25.1 Å². The van der Waals surface area contributed by atoms with E-state index >= 15 is 0 Å². The van der Waals surface area contributed by atoms with Crippen molar-refractivity contribution in [2.45, 2.75) is 12.7 Å². The van der Waals surface area contributed by atoms with Crippen molar-refractivity contribution in [1.82, 2.24) is 19.9 Å². The summed E-state index contributed by atoms with van der Waals surface area (Å²) in [5, 5.41) is 5.72. The lowest BCUT2D eigenvalue weighted by atomic mass is 10.1. The standard InChI is InChI=1S/C31H25F3N6O3/c32-20-8-6-18(7-9-20)28-29(25-12-13-35-31(38-25)37-22-10-11-23(33)24(34)14-22)40-26(39-28)15-27-42-16-19(17-43-27)30(41)36-21-4-2-1-3-5-21/h1-14,19,27H,15-17H2,(H,36,41)(H,39,40)(H,35,37,38). The summed E-state index contributed by atoms with van der Waals surface area (Å²) in [6.45, 7) is 0.347. The largest absolute Gasteiger partial charge is 0.351 e. The molecule has 0 bridgehead atoms. The number of nitrogens with zero attached hydrogens (tertiary/aromatic N) is 3. The summed E-state index contributed by atoms with van der Waals surface area (Å²) in [4.78, 5) is 29.3. The number of hydrogen-bond acceptors (Lipinski definition) is 7. The molecule has 1 fully saturated rings. The molecule has 1 aliphatic rings. The van der Waals surface area contributed by atoms with E-state index in [9.17, 15) is 18.0 Å². The van der Waals surface area contributed by atoms with Gasteiger partial charge >= 0.3 is 0 Å². The summed E-state index contributed by atoms with van der Waals surface area (Å²) in [7, 11) is 0. The van der Waals surface area contributed by atoms with E-state index in [1.54, 1.807) is 30.3 Å². The van der Waals surface area contributed by atoms with Crippen LogP contribution >= 0.6 is 0 Å². The number of amides is 1. The van der Waals surface area contributed by atoms with Gasteiger partial charge in [0.15, 0.2) is 17.9 Å². The van der Waals surface area contributed by atoms with Crippen LogP contribution in [-0.4, -0.2) is 45.3 Å². The average Bonchev–Trinajstić information content (AvgIpc) is 3.44. The molecule has 0 atom stereocenters. The van der Waals surface area contributed by atoms with Crippen LogP contribution in [0, 0.1) is 23.4 Å². The number of para-hydroxylation sites is 1. The van der Waals surface area contributed by atoms with Crippen molar-refractivity contribution >= 4 is 23.2 Å². The fourth-order valence-electron chi connectivity index (χ4n) is 4.52. The summed E-state index contributed by atoms with van der Waals surface area (Å²) in [6, 6.07) is 20.0. The highest BCUT2D eigenvalue weighted by Gasteiger charge is 2.29. The second kappa shape index (κ2) is 12.4. The topological polar surface area (TPSA) is 114 Å². The molecule has 6 rings (SSSR count). The molecular formula is C31H25F3N6O3. The highest BCUT2D eigenvalue weighted by Crippen LogP contribution is 2.31. The number of ether oxygens (including phenoxy) is 2. The first-order valence-corrected chi connectivity index (χ1v) is 13.4. The molecule has 12 heteroatoms. The Kier molecular flexibility index (Phi) is 8.11. The number of carbonyl (C=O) groups is 1. The highest BCUT2D eigenvalue weighted by molar-refractivity contribution is 5.92. The predicted molar refractivity (Wildman–Crippen MR) is 153 cm³/mol. The summed E-state index contributed by atoms with van der Waals surface area (Å²) in [5.74, 6) is -2.38. The van der Waals surface area contributed by atoms with Crippen molar-refractivity contribution in [2.75, 3.05) is 23.8 Å². The van der Waals surface area contributed by atoms with Crippen molar-refractivity contribution in [3.05, 3.63) is 108 Å². The lowest BCUT2D eigenvalue weighted by Gasteiger charge is -2.28. The Labute approximate surface area is 244 Å². The Hall–Kier alpha value is -5.07. The van der Waals surface area contributed by atoms with Gasteiger partial charge in [-0.1, -0.05) is 18.2 Å². The maximum Gasteiger partial charge on any atom is 0.232 e. The number of halogens is 3. The van der Waals surface area contributed by atoms with Crippen LogP contribution in [0.4, 0.5) is 30.5 Å². The molecule has 9 nitrogen and oxygen atoms in total. The van der Waals surface area contributed by atoms with Crippen LogP contribution in [-0.2, 0) is 20.7 Å². The van der Waals surface area contributed by atoms with Gasteiger partial charge in [0, 0.05) is 29.2 Å². The normalized spacial score (nSPS) is 16.5. The quantitative estimate of drug-likeness (QED) is 0.209. The number of aromatic amines is 1. The van der Waals surface area contributed by atoms with Crippen molar-refractivity contribution in [1.29, 1.82) is 0 Å². The Morgan fingerprint density at radius 3 is 2.40 bits per heavy atom. The zero-order chi connectivity index (χ0) is 29.8. The zero-order valence-electron chi connectivity index (χ0n) is 22.6. The van der Waals surface area contributed by atoms with E-state index in [1.165, 1.54) is 24.4 Å². The molecule has 0 aliphatic carbocycles. The maximum atomic E-state index is 13.7. The Balaban J connectivity index is 1.20. The van der Waals surface area contributed by atoms with Crippen molar-refractivity contribution < 1.29 is 27.4 Å². The molecule has 5 aromatic rings. The summed E-state index contributed by atoms with van der Waals surface area (Å²) < 4.78 is 52.4. The first-order valence-electron chi connectivity index (χ1n) is 13.4. The monoisotopic (exact) mass is 586 g/mol. The van der Waals surface area contributed by atoms with E-state index < -0.39 is 29.7 Å². The van der Waals surface area contributed by atoms with Gasteiger partial charge in [-0.15, -0.1) is 0 Å². The van der Waals surface area contributed by atoms with Crippen LogP contribution in [0.5, 0.6) is 0 Å². The number of imidazole rings is 1. The third-order valence-corrected chi connectivity index (χ3v) is 6.70. The van der Waals surface area contributed by atoms with Crippen LogP contribution in [0.3, 0.4) is 0 Å². The molecule has 2 aromatic heterocycles. The van der Waals surface area contributed by atoms with Crippen LogP contribution in [0.15, 0.2) is 85.1 Å². The van der Waals surface area contributed by atoms with Crippen molar-refractivity contribution in [2.24, 2.45) is 5.92 Å². The number of H-pyrrole nitrogens is 1. The van der Waals surface area contributed by atoms with Crippen LogP contribution in [0.25, 0.3) is 22.6 Å². The third kappa shape index (κ3) is 6.71. The molecule has 0 radical (unpaired) electrons. The van der Waals surface area contributed by atoms with Gasteiger partial charge in [0.25, 0.3) is 0 Å². The minimum Gasteiger partial charge on any atom is -0.351 e. The number of rotatable bonds is 8. The van der Waals surface area contributed by atoms with Gasteiger partial charge in [0.1, 0.15) is 11.6 Å². The average molecular weight is 587 g/mol. The van der Waals surface area contributed by atoms with Gasteiger partial charge in [-0.05, 0) is 54.6 Å². The number of carbonyl (C=O) groups excluding carboxylic acids is 1. The molecule has 1 aliphatic heterocycles. The van der Waals surface area contributed by atoms with Gasteiger partial charge in [-0.2, -0.15) is 0 Å². The second-order valence-corrected chi connectivity index (χ2v) is 9.79. The Morgan fingerprint density at radius 1 is 0.884 bits per heavy atom. The third-order valence-electron chi connectivity index (χ3n) is 6.70. The van der Waals surface area contributed by atoms with Gasteiger partial charge in [0.05, 0.1) is 42.6 Å². The Morgan fingerprint density at radius 2 is 1.65 bits per heavy atom. The fourth-order valence-corrected chi connectivity index (χ4v) is 4.52. The van der Waals surface area contributed by atoms with E-state index in [1.807, 2.05) is 18.2 Å². The molecule has 0 unspecified atom stereocenters. The van der Waals surface area contributed by atoms with Crippen LogP contribution in [0.1, 0.15) is 5.82 Å². The number of aromatic nitrogens is 4. The molecule has 1 saturated heterocycles. The van der Waals surface area contributed by atoms with Gasteiger partial charge in [-0.3, -0.25) is 4.79 Å². The number of anilines is 3. The van der Waals surface area contributed by atoms with E-state index in [-0.39, 0.29) is 37.2 Å². The van der Waals surface area contributed by atoms with Crippen molar-refractivity contribution in [3.8, 4) is 22.6 Å². The molecule has 218 valence electrons. The Bertz CT molecular complexity index is 1730. The van der Waals surface area contributed by atoms with Gasteiger partial charge in [0.2, 0.25) is 11.9 Å². The van der Waals surface area contributed by atoms with E-state index in [2.05, 4.69) is 25.6 Å². The number of nitrogens with one attached hydrogen (secondary N) is 3. The molecule has 3 heterocycles. The van der Waals surface area contributed by atoms with E-state index in [0.717, 1.165) is 12.1 Å².